The normalized spacial score (nSPS) is 14.7. The Bertz CT molecular complexity index is 401. The summed E-state index contributed by atoms with van der Waals surface area (Å²) in [5, 5.41) is 0. The van der Waals surface area contributed by atoms with E-state index in [0.29, 0.717) is 12.6 Å². The molecule has 2 atom stereocenters. The molecule has 0 radical (unpaired) electrons. The van der Waals surface area contributed by atoms with Gasteiger partial charge in [0, 0.05) is 24.4 Å². The van der Waals surface area contributed by atoms with Crippen LogP contribution in [0.4, 0.5) is 8.78 Å². The Hall–Kier alpha value is -0.650. The number of benzene rings is 1. The fourth-order valence-electron chi connectivity index (χ4n) is 2.23. The van der Waals surface area contributed by atoms with Gasteiger partial charge in [0.05, 0.1) is 0 Å². The molecule has 0 aliphatic heterocycles. The lowest BCUT2D eigenvalue weighted by atomic mass is 10.0. The Kier molecular flexibility index (Phi) is 6.75. The molecule has 0 aliphatic carbocycles. The van der Waals surface area contributed by atoms with Crippen molar-refractivity contribution in [3.05, 3.63) is 35.4 Å². The van der Waals surface area contributed by atoms with Gasteiger partial charge in [0.25, 0.3) is 0 Å². The molecule has 1 rings (SSSR count). The number of nitrogens with zero attached hydrogens (tertiary/aromatic N) is 1. The molecule has 0 aliphatic rings. The quantitative estimate of drug-likeness (QED) is 0.836. The molecule has 0 aromatic heterocycles. The monoisotopic (exact) mass is 288 g/mol. The predicted molar refractivity (Wildman–Crippen MR) is 78.4 cm³/mol. The second kappa shape index (κ2) is 7.82. The number of hydrogen-bond donors (Lipinski definition) is 1. The van der Waals surface area contributed by atoms with Crippen molar-refractivity contribution in [1.29, 1.82) is 0 Å². The summed E-state index contributed by atoms with van der Waals surface area (Å²) >= 11 is 1.77. The fraction of sp³-hybridized carbons (Fsp3) is 0.571. The van der Waals surface area contributed by atoms with Gasteiger partial charge in [0.1, 0.15) is 0 Å². The topological polar surface area (TPSA) is 29.3 Å². The van der Waals surface area contributed by atoms with Gasteiger partial charge in [-0.2, -0.15) is 11.8 Å². The fourth-order valence-corrected chi connectivity index (χ4v) is 3.08. The highest BCUT2D eigenvalue weighted by atomic mass is 32.2. The number of thioether (sulfide) groups is 1. The third kappa shape index (κ3) is 4.16. The van der Waals surface area contributed by atoms with E-state index >= 15 is 0 Å². The smallest absolute Gasteiger partial charge is 0.159 e. The summed E-state index contributed by atoms with van der Waals surface area (Å²) in [5.41, 5.74) is 6.54. The maximum absolute atomic E-state index is 13.3. The van der Waals surface area contributed by atoms with Crippen molar-refractivity contribution in [3.8, 4) is 0 Å². The Labute approximate surface area is 118 Å². The summed E-state index contributed by atoms with van der Waals surface area (Å²) in [4.78, 5) is 2.16. The minimum atomic E-state index is -0.821. The molecule has 0 heterocycles. The number of likely N-dealkylation sites (N-methyl/N-ethyl adjacent to an activating group) is 1. The van der Waals surface area contributed by atoms with E-state index < -0.39 is 11.6 Å². The van der Waals surface area contributed by atoms with Gasteiger partial charge >= 0.3 is 0 Å². The van der Waals surface area contributed by atoms with Crippen LogP contribution in [0.3, 0.4) is 0 Å². The predicted octanol–water partition coefficient (Wildman–Crippen LogP) is 3.04. The van der Waals surface area contributed by atoms with Crippen LogP contribution in [0, 0.1) is 11.6 Å². The molecular weight excluding hydrogens is 266 g/mol. The van der Waals surface area contributed by atoms with Crippen LogP contribution in [0.25, 0.3) is 0 Å². The van der Waals surface area contributed by atoms with Crippen LogP contribution >= 0.6 is 11.8 Å². The molecule has 1 aromatic carbocycles. The zero-order valence-corrected chi connectivity index (χ0v) is 12.5. The third-order valence-corrected chi connectivity index (χ3v) is 4.17. The number of nitrogens with two attached hydrogens (primary N) is 1. The molecule has 5 heteroatoms. The Morgan fingerprint density at radius 3 is 2.47 bits per heavy atom. The largest absolute Gasteiger partial charge is 0.329 e. The van der Waals surface area contributed by atoms with Gasteiger partial charge in [-0.25, -0.2) is 8.78 Å². The highest BCUT2D eigenvalue weighted by Gasteiger charge is 2.22. The van der Waals surface area contributed by atoms with E-state index in [1.165, 1.54) is 6.07 Å². The molecule has 0 spiro atoms. The van der Waals surface area contributed by atoms with Crippen LogP contribution in [0.5, 0.6) is 0 Å². The molecule has 1 aromatic rings. The maximum atomic E-state index is 13.3. The van der Waals surface area contributed by atoms with Crippen LogP contribution in [0.15, 0.2) is 18.2 Å². The lowest BCUT2D eigenvalue weighted by molar-refractivity contribution is 0.187. The molecular formula is C14H22F2N2S. The molecule has 0 saturated heterocycles. The maximum Gasteiger partial charge on any atom is 0.159 e. The van der Waals surface area contributed by atoms with Gasteiger partial charge < -0.3 is 5.73 Å². The van der Waals surface area contributed by atoms with Gasteiger partial charge in [-0.3, -0.25) is 4.90 Å². The standard InChI is InChI=1S/C14H22F2N2S/c1-4-11(9-19-3)18(2)14(8-17)10-5-6-12(15)13(16)7-10/h5-7,11,14H,4,8-9,17H2,1-3H3. The first-order chi connectivity index (χ1) is 9.04. The molecule has 0 saturated carbocycles. The van der Waals surface area contributed by atoms with Gasteiger partial charge in [-0.15, -0.1) is 0 Å². The second-order valence-electron chi connectivity index (χ2n) is 4.61. The van der Waals surface area contributed by atoms with Crippen molar-refractivity contribution >= 4 is 11.8 Å². The lowest BCUT2D eigenvalue weighted by Gasteiger charge is -2.34. The number of hydrogen-bond acceptors (Lipinski definition) is 3. The third-order valence-electron chi connectivity index (χ3n) is 3.45. The van der Waals surface area contributed by atoms with Gasteiger partial charge in [-0.05, 0) is 37.4 Å². The molecule has 0 amide bonds. The van der Waals surface area contributed by atoms with Crippen molar-refractivity contribution < 1.29 is 8.78 Å². The summed E-state index contributed by atoms with van der Waals surface area (Å²) < 4.78 is 26.3. The lowest BCUT2D eigenvalue weighted by Crippen LogP contribution is -2.39. The average molecular weight is 288 g/mol. The highest BCUT2D eigenvalue weighted by Crippen LogP contribution is 2.24. The molecule has 2 N–H and O–H groups in total. The molecule has 0 bridgehead atoms. The van der Waals surface area contributed by atoms with E-state index in [-0.39, 0.29) is 6.04 Å². The Morgan fingerprint density at radius 2 is 2.00 bits per heavy atom. The zero-order chi connectivity index (χ0) is 14.4. The Morgan fingerprint density at radius 1 is 1.32 bits per heavy atom. The number of halogens is 2. The van der Waals surface area contributed by atoms with Crippen molar-refractivity contribution in [2.24, 2.45) is 5.73 Å². The first kappa shape index (κ1) is 16.4. The molecule has 2 unspecified atom stereocenters. The summed E-state index contributed by atoms with van der Waals surface area (Å²) in [6, 6.07) is 4.30. The van der Waals surface area contributed by atoms with E-state index in [1.54, 1.807) is 17.8 Å². The molecule has 0 fully saturated rings. The van der Waals surface area contributed by atoms with Crippen LogP contribution < -0.4 is 5.73 Å². The van der Waals surface area contributed by atoms with Gasteiger partial charge in [0.2, 0.25) is 0 Å². The van der Waals surface area contributed by atoms with Crippen LogP contribution in [-0.2, 0) is 0 Å². The first-order valence-corrected chi connectivity index (χ1v) is 7.80. The van der Waals surface area contributed by atoms with Crippen molar-refractivity contribution in [2.45, 2.75) is 25.4 Å². The minimum Gasteiger partial charge on any atom is -0.329 e. The molecule has 108 valence electrons. The van der Waals surface area contributed by atoms with E-state index in [1.807, 2.05) is 7.05 Å². The van der Waals surface area contributed by atoms with Crippen molar-refractivity contribution in [2.75, 3.05) is 25.6 Å². The first-order valence-electron chi connectivity index (χ1n) is 6.41. The zero-order valence-electron chi connectivity index (χ0n) is 11.7. The van der Waals surface area contributed by atoms with E-state index in [0.717, 1.165) is 23.8 Å². The molecule has 19 heavy (non-hydrogen) atoms. The van der Waals surface area contributed by atoms with Crippen LogP contribution in [-0.4, -0.2) is 36.5 Å². The minimum absolute atomic E-state index is 0.0906. The SMILES string of the molecule is CCC(CSC)N(C)C(CN)c1ccc(F)c(F)c1. The van der Waals surface area contributed by atoms with E-state index in [4.69, 9.17) is 5.73 Å². The Balaban J connectivity index is 2.94. The number of rotatable bonds is 7. The van der Waals surface area contributed by atoms with Crippen LogP contribution in [0.2, 0.25) is 0 Å². The summed E-state index contributed by atoms with van der Waals surface area (Å²) in [6.07, 6.45) is 3.06. The van der Waals surface area contributed by atoms with Crippen molar-refractivity contribution in [1.82, 2.24) is 4.90 Å². The van der Waals surface area contributed by atoms with Crippen LogP contribution in [0.1, 0.15) is 24.9 Å². The summed E-state index contributed by atoms with van der Waals surface area (Å²) in [6.45, 7) is 2.50. The van der Waals surface area contributed by atoms with Gasteiger partial charge in [-0.1, -0.05) is 13.0 Å². The average Bonchev–Trinajstić information content (AvgIpc) is 2.40. The van der Waals surface area contributed by atoms with Gasteiger partial charge in [0.15, 0.2) is 11.6 Å². The van der Waals surface area contributed by atoms with E-state index in [9.17, 15) is 8.78 Å². The summed E-state index contributed by atoms with van der Waals surface area (Å²) in [5.74, 6) is -0.645. The molecule has 2 nitrogen and oxygen atoms in total. The van der Waals surface area contributed by atoms with Crippen molar-refractivity contribution in [3.63, 3.8) is 0 Å². The highest BCUT2D eigenvalue weighted by molar-refractivity contribution is 7.98. The summed E-state index contributed by atoms with van der Waals surface area (Å²) in [7, 11) is 1.99. The van der Waals surface area contributed by atoms with E-state index in [2.05, 4.69) is 18.1 Å². The second-order valence-corrected chi connectivity index (χ2v) is 5.52.